The van der Waals surface area contributed by atoms with E-state index in [-0.39, 0.29) is 5.82 Å². The van der Waals surface area contributed by atoms with Crippen molar-refractivity contribution in [1.82, 2.24) is 14.2 Å². The Balaban J connectivity index is 1.53. The van der Waals surface area contributed by atoms with Crippen molar-refractivity contribution in [3.05, 3.63) is 47.8 Å². The van der Waals surface area contributed by atoms with E-state index in [2.05, 4.69) is 33.9 Å². The predicted molar refractivity (Wildman–Crippen MR) is 106 cm³/mol. The summed E-state index contributed by atoms with van der Waals surface area (Å²) in [6.07, 6.45) is 5.59. The first-order valence-corrected chi connectivity index (χ1v) is 10.1. The molecule has 25 heavy (non-hydrogen) atoms. The van der Waals surface area contributed by atoms with Gasteiger partial charge in [-0.05, 0) is 67.4 Å². The smallest absolute Gasteiger partial charge is 0.125 e. The number of piperidine rings is 1. The average Bonchev–Trinajstić information content (AvgIpc) is 3.03. The molecule has 1 N–H and O–H groups in total. The van der Waals surface area contributed by atoms with Crippen molar-refractivity contribution in [2.24, 2.45) is 0 Å². The molecule has 1 aromatic carbocycles. The van der Waals surface area contributed by atoms with Gasteiger partial charge in [0, 0.05) is 36.7 Å². The van der Waals surface area contributed by atoms with Gasteiger partial charge >= 0.3 is 0 Å². The fraction of sp³-hybridized carbons (Fsp3) is 0.500. The van der Waals surface area contributed by atoms with Gasteiger partial charge in [-0.1, -0.05) is 25.5 Å². The third-order valence-electron chi connectivity index (χ3n) is 5.07. The Morgan fingerprint density at radius 2 is 2.16 bits per heavy atom. The van der Waals surface area contributed by atoms with E-state index in [9.17, 15) is 4.39 Å². The standard InChI is InChI=1S/C20H28FN3S/c1-3-9-24(25-4-2)13-12-23-10-7-16(8-11-23)19-15-22-20-14-17(21)5-6-18(19)20/h4-6,14-16,22H,2-3,7-13H2,1H3. The van der Waals surface area contributed by atoms with Crippen molar-refractivity contribution in [3.63, 3.8) is 0 Å². The number of nitrogens with zero attached hydrogens (tertiary/aromatic N) is 2. The summed E-state index contributed by atoms with van der Waals surface area (Å²) in [5.41, 5.74) is 2.26. The molecule has 5 heteroatoms. The van der Waals surface area contributed by atoms with Crippen LogP contribution in [0.25, 0.3) is 10.9 Å². The predicted octanol–water partition coefficient (Wildman–Crippen LogP) is 4.99. The van der Waals surface area contributed by atoms with Crippen LogP contribution >= 0.6 is 11.9 Å². The molecule has 1 saturated heterocycles. The molecule has 0 saturated carbocycles. The van der Waals surface area contributed by atoms with E-state index in [0.29, 0.717) is 5.92 Å². The molecule has 1 fully saturated rings. The van der Waals surface area contributed by atoms with Crippen LogP contribution in [0.3, 0.4) is 0 Å². The Labute approximate surface area is 154 Å². The summed E-state index contributed by atoms with van der Waals surface area (Å²) >= 11 is 1.73. The molecule has 0 spiro atoms. The molecule has 3 nitrogen and oxygen atoms in total. The molecule has 136 valence electrons. The molecule has 0 atom stereocenters. The number of fused-ring (bicyclic) bond motifs is 1. The molecular formula is C20H28FN3S. The van der Waals surface area contributed by atoms with Gasteiger partial charge in [0.1, 0.15) is 5.82 Å². The second-order valence-corrected chi connectivity index (χ2v) is 7.81. The van der Waals surface area contributed by atoms with Crippen LogP contribution < -0.4 is 0 Å². The third-order valence-corrected chi connectivity index (χ3v) is 5.88. The van der Waals surface area contributed by atoms with Crippen molar-refractivity contribution >= 4 is 22.9 Å². The van der Waals surface area contributed by atoms with E-state index in [1.54, 1.807) is 24.1 Å². The summed E-state index contributed by atoms with van der Waals surface area (Å²) in [5, 5.41) is 3.10. The monoisotopic (exact) mass is 361 g/mol. The lowest BCUT2D eigenvalue weighted by molar-refractivity contribution is 0.202. The minimum atomic E-state index is -0.176. The van der Waals surface area contributed by atoms with Crippen LogP contribution in [-0.4, -0.2) is 46.9 Å². The van der Waals surface area contributed by atoms with E-state index in [1.165, 1.54) is 30.2 Å². The maximum absolute atomic E-state index is 13.4. The van der Waals surface area contributed by atoms with Gasteiger partial charge in [-0.25, -0.2) is 8.70 Å². The maximum Gasteiger partial charge on any atom is 0.125 e. The number of H-pyrrole nitrogens is 1. The fourth-order valence-electron chi connectivity index (χ4n) is 3.75. The van der Waals surface area contributed by atoms with Gasteiger partial charge < -0.3 is 9.88 Å². The van der Waals surface area contributed by atoms with Gasteiger partial charge in [0.25, 0.3) is 0 Å². The lowest BCUT2D eigenvalue weighted by Gasteiger charge is -2.33. The minimum Gasteiger partial charge on any atom is -0.361 e. The Bertz CT molecular complexity index is 691. The average molecular weight is 362 g/mol. The molecule has 2 aromatic rings. The van der Waals surface area contributed by atoms with Crippen molar-refractivity contribution in [3.8, 4) is 0 Å². The number of nitrogens with one attached hydrogen (secondary N) is 1. The zero-order chi connectivity index (χ0) is 17.6. The molecular weight excluding hydrogens is 333 g/mol. The first-order valence-electron chi connectivity index (χ1n) is 9.22. The van der Waals surface area contributed by atoms with Crippen molar-refractivity contribution in [2.45, 2.75) is 32.1 Å². The highest BCUT2D eigenvalue weighted by Crippen LogP contribution is 2.33. The molecule has 2 heterocycles. The molecule has 1 aliphatic heterocycles. The van der Waals surface area contributed by atoms with E-state index < -0.39 is 0 Å². The number of hydrogen-bond donors (Lipinski definition) is 1. The normalized spacial score (nSPS) is 16.8. The van der Waals surface area contributed by atoms with Gasteiger partial charge in [0.15, 0.2) is 0 Å². The lowest BCUT2D eigenvalue weighted by atomic mass is 9.89. The van der Waals surface area contributed by atoms with Gasteiger partial charge in [-0.3, -0.25) is 0 Å². The number of aromatic amines is 1. The summed E-state index contributed by atoms with van der Waals surface area (Å²) in [6.45, 7) is 11.6. The van der Waals surface area contributed by atoms with E-state index in [1.807, 2.05) is 11.5 Å². The van der Waals surface area contributed by atoms with Crippen LogP contribution in [0.2, 0.25) is 0 Å². The zero-order valence-corrected chi connectivity index (χ0v) is 15.8. The van der Waals surface area contributed by atoms with Crippen molar-refractivity contribution < 1.29 is 4.39 Å². The molecule has 1 aromatic heterocycles. The molecule has 0 aliphatic carbocycles. The quantitative estimate of drug-likeness (QED) is 0.670. The van der Waals surface area contributed by atoms with Crippen LogP contribution in [-0.2, 0) is 0 Å². The van der Waals surface area contributed by atoms with Gasteiger partial charge in [-0.2, -0.15) is 0 Å². The summed E-state index contributed by atoms with van der Waals surface area (Å²) in [5.74, 6) is 0.398. The first-order chi connectivity index (χ1) is 12.2. The van der Waals surface area contributed by atoms with Crippen LogP contribution in [0.1, 0.15) is 37.7 Å². The van der Waals surface area contributed by atoms with Crippen LogP contribution in [0.15, 0.2) is 36.4 Å². The Kier molecular flexibility index (Phi) is 6.57. The van der Waals surface area contributed by atoms with Gasteiger partial charge in [0.05, 0.1) is 0 Å². The number of halogens is 1. The van der Waals surface area contributed by atoms with Crippen LogP contribution in [0.4, 0.5) is 4.39 Å². The Hall–Kier alpha value is -1.30. The Morgan fingerprint density at radius 1 is 1.36 bits per heavy atom. The van der Waals surface area contributed by atoms with Crippen LogP contribution in [0.5, 0.6) is 0 Å². The second kappa shape index (κ2) is 8.88. The SMILES string of the molecule is C=CSN(CCC)CCN1CCC(c2c[nH]c3cc(F)ccc23)CC1. The Morgan fingerprint density at radius 3 is 2.88 bits per heavy atom. The number of rotatable bonds is 8. The van der Waals surface area contributed by atoms with Crippen molar-refractivity contribution in [2.75, 3.05) is 32.7 Å². The maximum atomic E-state index is 13.4. The molecule has 0 unspecified atom stereocenters. The lowest BCUT2D eigenvalue weighted by Crippen LogP contribution is -2.37. The fourth-order valence-corrected chi connectivity index (χ4v) is 4.44. The van der Waals surface area contributed by atoms with Gasteiger partial charge in [0.2, 0.25) is 0 Å². The molecule has 0 bridgehead atoms. The third kappa shape index (κ3) is 4.66. The molecule has 3 rings (SSSR count). The summed E-state index contributed by atoms with van der Waals surface area (Å²) in [4.78, 5) is 5.80. The highest BCUT2D eigenvalue weighted by Gasteiger charge is 2.23. The van der Waals surface area contributed by atoms with Crippen LogP contribution in [0, 0.1) is 5.82 Å². The summed E-state index contributed by atoms with van der Waals surface area (Å²) in [6, 6.07) is 5.07. The first kappa shape index (κ1) is 18.5. The van der Waals surface area contributed by atoms with E-state index in [4.69, 9.17) is 0 Å². The summed E-state index contributed by atoms with van der Waals surface area (Å²) in [7, 11) is 0. The van der Waals surface area contributed by atoms with Crippen molar-refractivity contribution in [1.29, 1.82) is 0 Å². The largest absolute Gasteiger partial charge is 0.361 e. The zero-order valence-electron chi connectivity index (χ0n) is 15.0. The number of likely N-dealkylation sites (tertiary alicyclic amines) is 1. The topological polar surface area (TPSA) is 22.3 Å². The van der Waals surface area contributed by atoms with E-state index >= 15 is 0 Å². The number of hydrogen-bond acceptors (Lipinski definition) is 3. The molecule has 0 radical (unpaired) electrons. The highest BCUT2D eigenvalue weighted by molar-refractivity contribution is 7.99. The molecule has 0 amide bonds. The highest BCUT2D eigenvalue weighted by atomic mass is 32.2. The molecule has 1 aliphatic rings. The second-order valence-electron chi connectivity index (χ2n) is 6.75. The van der Waals surface area contributed by atoms with Gasteiger partial charge in [-0.15, -0.1) is 0 Å². The number of aromatic nitrogens is 1. The number of benzene rings is 1. The van der Waals surface area contributed by atoms with E-state index in [0.717, 1.165) is 38.2 Å². The minimum absolute atomic E-state index is 0.176. The summed E-state index contributed by atoms with van der Waals surface area (Å²) < 4.78 is 15.8.